The molecule has 2 heteroatoms. The number of thiophene rings is 1. The number of anilines is 3. The Morgan fingerprint density at radius 3 is 1.55 bits per heavy atom. The summed E-state index contributed by atoms with van der Waals surface area (Å²) in [6, 6.07) is 88.4. The molecule has 11 aromatic rings. The molecular weight excluding hydrogens is 815 g/mol. The summed E-state index contributed by atoms with van der Waals surface area (Å²) in [7, 11) is 0. The van der Waals surface area contributed by atoms with Crippen LogP contribution in [0.25, 0.3) is 64.7 Å². The molecule has 1 atom stereocenters. The zero-order valence-corrected chi connectivity index (χ0v) is 37.7. The third kappa shape index (κ3) is 5.65. The van der Waals surface area contributed by atoms with Crippen molar-refractivity contribution in [3.05, 3.63) is 270 Å². The fraction of sp³-hybridized carbons (Fsp3) is 0.0625. The van der Waals surface area contributed by atoms with Crippen LogP contribution in [-0.2, 0) is 10.8 Å². The maximum absolute atomic E-state index is 2.50. The Hall–Kier alpha value is -7.78. The van der Waals surface area contributed by atoms with Gasteiger partial charge < -0.3 is 4.90 Å². The Balaban J connectivity index is 1.05. The fourth-order valence-electron chi connectivity index (χ4n) is 11.6. The van der Waals surface area contributed by atoms with Gasteiger partial charge in [0.05, 0.1) is 5.41 Å². The predicted octanol–water partition coefficient (Wildman–Crippen LogP) is 17.5. The van der Waals surface area contributed by atoms with Gasteiger partial charge in [0.1, 0.15) is 0 Å². The summed E-state index contributed by atoms with van der Waals surface area (Å²) in [5, 5.41) is 2.64. The van der Waals surface area contributed by atoms with Gasteiger partial charge in [0.15, 0.2) is 0 Å². The van der Waals surface area contributed by atoms with Gasteiger partial charge in [0, 0.05) is 42.6 Å². The van der Waals surface area contributed by atoms with Gasteiger partial charge in [-0.2, -0.15) is 0 Å². The van der Waals surface area contributed by atoms with Crippen molar-refractivity contribution in [3.8, 4) is 44.5 Å². The summed E-state index contributed by atoms with van der Waals surface area (Å²) < 4.78 is 2.65. The van der Waals surface area contributed by atoms with Crippen molar-refractivity contribution in [1.82, 2.24) is 0 Å². The van der Waals surface area contributed by atoms with Crippen LogP contribution in [0.15, 0.2) is 237 Å². The van der Waals surface area contributed by atoms with E-state index in [9.17, 15) is 0 Å². The van der Waals surface area contributed by atoms with Crippen molar-refractivity contribution in [2.75, 3.05) is 4.90 Å². The zero-order chi connectivity index (χ0) is 44.0. The van der Waals surface area contributed by atoms with Crippen LogP contribution in [0.3, 0.4) is 0 Å². The number of hydrogen-bond donors (Lipinski definition) is 0. The first kappa shape index (κ1) is 38.7. The third-order valence-electron chi connectivity index (χ3n) is 14.6. The number of fused-ring (bicyclic) bond motifs is 9. The molecule has 1 aromatic heterocycles. The molecule has 0 N–H and O–H groups in total. The van der Waals surface area contributed by atoms with E-state index in [1.807, 2.05) is 11.3 Å². The SMILES string of the molecule is CC1(C)c2ccccc2-c2ccc(N(c3ccc(-c4cccc5c4sc4ccccc45)cc3)c3ccc4c(c3)C(c3ccccc3)(c3ccccc3-c3ccccc3)c3ccccc3-4)cc21. The van der Waals surface area contributed by atoms with E-state index in [4.69, 9.17) is 0 Å². The van der Waals surface area contributed by atoms with Crippen LogP contribution in [0.2, 0.25) is 0 Å². The van der Waals surface area contributed by atoms with Crippen LogP contribution >= 0.6 is 11.3 Å². The highest BCUT2D eigenvalue weighted by atomic mass is 32.1. The molecule has 13 rings (SSSR count). The molecule has 1 unspecified atom stereocenters. The largest absolute Gasteiger partial charge is 0.310 e. The van der Waals surface area contributed by atoms with E-state index in [1.165, 1.54) is 98.1 Å². The van der Waals surface area contributed by atoms with Crippen LogP contribution in [0, 0.1) is 0 Å². The minimum absolute atomic E-state index is 0.149. The average molecular weight is 860 g/mol. The standard InChI is InChI=1S/C64H45NS/c1-63(2)56-28-13-10-23-50(56)52-38-36-46(40-59(52)63)65(45-34-32-43(33-35-45)49-26-17-27-55-54-25-12-16-31-61(54)66-62(49)55)47-37-39-53-51-24-11-15-30-58(51)64(60(53)41-47,44-20-7-4-8-21-44)57-29-14-9-22-48(57)42-18-5-3-6-19-42/h3-41H,1-2H3. The van der Waals surface area contributed by atoms with Gasteiger partial charge in [0.2, 0.25) is 0 Å². The first-order valence-electron chi connectivity index (χ1n) is 23.0. The molecule has 0 amide bonds. The number of rotatable bonds is 7. The highest BCUT2D eigenvalue weighted by molar-refractivity contribution is 7.26. The molecule has 0 aliphatic heterocycles. The first-order valence-corrected chi connectivity index (χ1v) is 23.8. The van der Waals surface area contributed by atoms with Gasteiger partial charge in [0.25, 0.3) is 0 Å². The summed E-state index contributed by atoms with van der Waals surface area (Å²) in [4.78, 5) is 2.49. The minimum Gasteiger partial charge on any atom is -0.310 e. The molecule has 0 radical (unpaired) electrons. The smallest absolute Gasteiger partial charge is 0.0720 e. The second kappa shape index (κ2) is 14.9. The second-order valence-electron chi connectivity index (χ2n) is 18.4. The zero-order valence-electron chi connectivity index (χ0n) is 36.9. The topological polar surface area (TPSA) is 3.24 Å². The third-order valence-corrected chi connectivity index (χ3v) is 15.8. The van der Waals surface area contributed by atoms with Crippen molar-refractivity contribution in [2.45, 2.75) is 24.7 Å². The van der Waals surface area contributed by atoms with Gasteiger partial charge in [-0.05, 0) is 120 Å². The van der Waals surface area contributed by atoms with Crippen LogP contribution in [0.1, 0.15) is 47.2 Å². The summed E-state index contributed by atoms with van der Waals surface area (Å²) in [5.74, 6) is 0. The van der Waals surface area contributed by atoms with Crippen molar-refractivity contribution < 1.29 is 0 Å². The molecule has 0 fully saturated rings. The van der Waals surface area contributed by atoms with E-state index in [-0.39, 0.29) is 5.41 Å². The second-order valence-corrected chi connectivity index (χ2v) is 19.4. The lowest BCUT2D eigenvalue weighted by atomic mass is 9.66. The Bertz CT molecular complexity index is 3670. The van der Waals surface area contributed by atoms with Crippen LogP contribution in [0.4, 0.5) is 17.1 Å². The first-order chi connectivity index (χ1) is 32.5. The van der Waals surface area contributed by atoms with E-state index >= 15 is 0 Å². The Labute approximate surface area is 390 Å². The molecule has 1 heterocycles. The summed E-state index contributed by atoms with van der Waals surface area (Å²) in [6.45, 7) is 4.75. The van der Waals surface area contributed by atoms with E-state index < -0.39 is 5.41 Å². The normalized spacial score (nSPS) is 15.3. The highest BCUT2D eigenvalue weighted by Crippen LogP contribution is 2.59. The van der Waals surface area contributed by atoms with E-state index in [0.29, 0.717) is 0 Å². The van der Waals surface area contributed by atoms with Gasteiger partial charge >= 0.3 is 0 Å². The molecule has 2 aliphatic carbocycles. The Morgan fingerprint density at radius 2 is 0.818 bits per heavy atom. The minimum atomic E-state index is -0.602. The van der Waals surface area contributed by atoms with Crippen molar-refractivity contribution >= 4 is 48.6 Å². The lowest BCUT2D eigenvalue weighted by molar-refractivity contribution is 0.660. The Kier molecular flexibility index (Phi) is 8.72. The molecule has 312 valence electrons. The predicted molar refractivity (Wildman–Crippen MR) is 280 cm³/mol. The van der Waals surface area contributed by atoms with E-state index in [2.05, 4.69) is 255 Å². The van der Waals surface area contributed by atoms with Crippen molar-refractivity contribution in [1.29, 1.82) is 0 Å². The van der Waals surface area contributed by atoms with E-state index in [1.54, 1.807) is 0 Å². The molecule has 0 spiro atoms. The van der Waals surface area contributed by atoms with Gasteiger partial charge in [-0.3, -0.25) is 0 Å². The number of nitrogens with zero attached hydrogens (tertiary/aromatic N) is 1. The summed E-state index contributed by atoms with van der Waals surface area (Å²) >= 11 is 1.88. The Morgan fingerprint density at radius 1 is 0.333 bits per heavy atom. The molecule has 0 saturated heterocycles. The number of benzene rings is 10. The monoisotopic (exact) mass is 859 g/mol. The number of hydrogen-bond acceptors (Lipinski definition) is 2. The lowest BCUT2D eigenvalue weighted by Crippen LogP contribution is -2.29. The molecule has 0 saturated carbocycles. The van der Waals surface area contributed by atoms with Crippen LogP contribution in [-0.4, -0.2) is 0 Å². The summed E-state index contributed by atoms with van der Waals surface area (Å²) in [5.41, 5.74) is 20.6. The maximum Gasteiger partial charge on any atom is 0.0720 e. The molecule has 2 aliphatic rings. The van der Waals surface area contributed by atoms with Crippen molar-refractivity contribution in [3.63, 3.8) is 0 Å². The fourth-order valence-corrected chi connectivity index (χ4v) is 12.8. The van der Waals surface area contributed by atoms with Crippen LogP contribution in [0.5, 0.6) is 0 Å². The van der Waals surface area contributed by atoms with Gasteiger partial charge in [-0.25, -0.2) is 0 Å². The highest BCUT2D eigenvalue weighted by Gasteiger charge is 2.47. The molecule has 1 nitrogen and oxygen atoms in total. The molecule has 66 heavy (non-hydrogen) atoms. The van der Waals surface area contributed by atoms with Crippen LogP contribution < -0.4 is 4.90 Å². The molecule has 10 aromatic carbocycles. The average Bonchev–Trinajstić information content (AvgIpc) is 3.98. The summed E-state index contributed by atoms with van der Waals surface area (Å²) in [6.07, 6.45) is 0. The maximum atomic E-state index is 2.50. The molecule has 0 bridgehead atoms. The van der Waals surface area contributed by atoms with Gasteiger partial charge in [-0.15, -0.1) is 11.3 Å². The van der Waals surface area contributed by atoms with Crippen molar-refractivity contribution in [2.24, 2.45) is 0 Å². The van der Waals surface area contributed by atoms with E-state index in [0.717, 1.165) is 17.1 Å². The lowest BCUT2D eigenvalue weighted by Gasteiger charge is -2.36. The molecular formula is C64H45NS. The van der Waals surface area contributed by atoms with Gasteiger partial charge in [-0.1, -0.05) is 208 Å². The quantitative estimate of drug-likeness (QED) is 0.154.